The largest absolute Gasteiger partial charge is 0.447 e. The van der Waals surface area contributed by atoms with Gasteiger partial charge in [0.15, 0.2) is 5.96 Å². The lowest BCUT2D eigenvalue weighted by molar-refractivity contribution is 0.181. The summed E-state index contributed by atoms with van der Waals surface area (Å²) in [6.45, 7) is 7.39. The summed E-state index contributed by atoms with van der Waals surface area (Å²) in [7, 11) is 0. The number of amides is 1. The maximum Gasteiger partial charge on any atom is 0.414 e. The summed E-state index contributed by atoms with van der Waals surface area (Å²) in [5.41, 5.74) is 7.85. The van der Waals surface area contributed by atoms with E-state index in [1.807, 2.05) is 29.2 Å². The number of ether oxygens (including phenoxy) is 1. The molecule has 0 saturated carbocycles. The molecule has 0 unspecified atom stereocenters. The van der Waals surface area contributed by atoms with Gasteiger partial charge >= 0.3 is 6.09 Å². The van der Waals surface area contributed by atoms with Crippen molar-refractivity contribution in [2.24, 2.45) is 10.7 Å². The van der Waals surface area contributed by atoms with Crippen LogP contribution in [-0.2, 0) is 11.3 Å². The Morgan fingerprint density at radius 2 is 2.00 bits per heavy atom. The van der Waals surface area contributed by atoms with Gasteiger partial charge in [0.1, 0.15) is 6.61 Å². The molecule has 1 aliphatic heterocycles. The van der Waals surface area contributed by atoms with Crippen molar-refractivity contribution in [3.8, 4) is 0 Å². The molecule has 1 fully saturated rings. The van der Waals surface area contributed by atoms with Gasteiger partial charge in [-0.15, -0.1) is 0 Å². The maximum absolute atomic E-state index is 11.5. The molecule has 6 nitrogen and oxygen atoms in total. The van der Waals surface area contributed by atoms with Crippen LogP contribution in [0.4, 0.5) is 10.5 Å². The van der Waals surface area contributed by atoms with Crippen LogP contribution in [0.15, 0.2) is 29.3 Å². The lowest BCUT2D eigenvalue weighted by atomic mass is 10.2. The Labute approximate surface area is 125 Å². The van der Waals surface area contributed by atoms with E-state index in [1.165, 1.54) is 0 Å². The van der Waals surface area contributed by atoms with Crippen molar-refractivity contribution in [3.05, 3.63) is 29.8 Å². The molecule has 1 aromatic rings. The van der Waals surface area contributed by atoms with E-state index in [-0.39, 0.29) is 6.09 Å². The van der Waals surface area contributed by atoms with E-state index in [2.05, 4.69) is 18.8 Å². The molecule has 2 N–H and O–H groups in total. The second-order valence-electron chi connectivity index (χ2n) is 4.78. The molecule has 0 aliphatic carbocycles. The van der Waals surface area contributed by atoms with Gasteiger partial charge in [0, 0.05) is 18.8 Å². The second kappa shape index (κ2) is 6.97. The van der Waals surface area contributed by atoms with E-state index in [9.17, 15) is 4.79 Å². The molecular weight excluding hydrogens is 268 g/mol. The minimum atomic E-state index is -0.286. The molecule has 0 aromatic heterocycles. The number of carbonyl (C=O) groups excluding carboxylic acids is 1. The Hall–Kier alpha value is -2.24. The first kappa shape index (κ1) is 15.2. The van der Waals surface area contributed by atoms with E-state index in [0.29, 0.717) is 25.7 Å². The normalized spacial score (nSPS) is 15.2. The molecule has 21 heavy (non-hydrogen) atoms. The maximum atomic E-state index is 11.5. The zero-order valence-corrected chi connectivity index (χ0v) is 12.6. The summed E-state index contributed by atoms with van der Waals surface area (Å²) in [6, 6.07) is 7.73. The first-order chi connectivity index (χ1) is 10.2. The van der Waals surface area contributed by atoms with Gasteiger partial charge in [0.2, 0.25) is 0 Å². The fourth-order valence-electron chi connectivity index (χ4n) is 2.23. The van der Waals surface area contributed by atoms with Crippen LogP contribution < -0.4 is 10.6 Å². The predicted molar refractivity (Wildman–Crippen MR) is 83.4 cm³/mol. The van der Waals surface area contributed by atoms with Gasteiger partial charge in [0.25, 0.3) is 0 Å². The van der Waals surface area contributed by atoms with Gasteiger partial charge in [-0.2, -0.15) is 0 Å². The molecule has 0 atom stereocenters. The molecule has 6 heteroatoms. The van der Waals surface area contributed by atoms with Gasteiger partial charge < -0.3 is 15.4 Å². The Morgan fingerprint density at radius 1 is 1.33 bits per heavy atom. The van der Waals surface area contributed by atoms with Gasteiger partial charge in [-0.05, 0) is 31.5 Å². The fraction of sp³-hybridized carbons (Fsp3) is 0.467. The van der Waals surface area contributed by atoms with Crippen molar-refractivity contribution in [1.29, 1.82) is 0 Å². The molecule has 0 spiro atoms. The Bertz CT molecular complexity index is 509. The summed E-state index contributed by atoms with van der Waals surface area (Å²) >= 11 is 0. The molecule has 0 radical (unpaired) electrons. The predicted octanol–water partition coefficient (Wildman–Crippen LogP) is 1.80. The number of anilines is 1. The third-order valence-electron chi connectivity index (χ3n) is 3.52. The molecular formula is C15H22N4O2. The topological polar surface area (TPSA) is 71.2 Å². The van der Waals surface area contributed by atoms with E-state index < -0.39 is 0 Å². The molecule has 1 aliphatic rings. The zero-order valence-electron chi connectivity index (χ0n) is 12.6. The van der Waals surface area contributed by atoms with Crippen molar-refractivity contribution in [1.82, 2.24) is 4.90 Å². The highest BCUT2D eigenvalue weighted by Crippen LogP contribution is 2.19. The number of hydrogen-bond donors (Lipinski definition) is 1. The summed E-state index contributed by atoms with van der Waals surface area (Å²) in [5, 5.41) is 0. The van der Waals surface area contributed by atoms with Crippen molar-refractivity contribution in [3.63, 3.8) is 0 Å². The highest BCUT2D eigenvalue weighted by Gasteiger charge is 2.23. The van der Waals surface area contributed by atoms with Crippen molar-refractivity contribution < 1.29 is 9.53 Å². The Kier molecular flexibility index (Phi) is 5.03. The summed E-state index contributed by atoms with van der Waals surface area (Å²) in [6.07, 6.45) is -0.286. The van der Waals surface area contributed by atoms with Crippen LogP contribution in [0.5, 0.6) is 0 Å². The monoisotopic (exact) mass is 290 g/mol. The molecule has 1 amide bonds. The number of nitrogens with zero attached hydrogens (tertiary/aromatic N) is 3. The molecule has 114 valence electrons. The van der Waals surface area contributed by atoms with Crippen LogP contribution in [0, 0.1) is 0 Å². The smallest absolute Gasteiger partial charge is 0.414 e. The van der Waals surface area contributed by atoms with Gasteiger partial charge in [-0.1, -0.05) is 12.1 Å². The summed E-state index contributed by atoms with van der Waals surface area (Å²) in [4.78, 5) is 19.5. The molecule has 2 rings (SSSR count). The lowest BCUT2D eigenvalue weighted by Gasteiger charge is -2.19. The number of rotatable bonds is 5. The van der Waals surface area contributed by atoms with E-state index in [4.69, 9.17) is 10.5 Å². The van der Waals surface area contributed by atoms with Crippen LogP contribution in [0.1, 0.15) is 19.4 Å². The average molecular weight is 290 g/mol. The van der Waals surface area contributed by atoms with E-state index >= 15 is 0 Å². The first-order valence-corrected chi connectivity index (χ1v) is 7.23. The number of aliphatic imine (C=N–C) groups is 1. The summed E-state index contributed by atoms with van der Waals surface area (Å²) < 4.78 is 4.92. The van der Waals surface area contributed by atoms with Crippen molar-refractivity contribution >= 4 is 17.7 Å². The van der Waals surface area contributed by atoms with Crippen molar-refractivity contribution in [2.75, 3.05) is 31.1 Å². The number of cyclic esters (lactones) is 1. The number of guanidine groups is 1. The van der Waals surface area contributed by atoms with E-state index in [0.717, 1.165) is 24.3 Å². The van der Waals surface area contributed by atoms with Crippen LogP contribution in [0.2, 0.25) is 0 Å². The second-order valence-corrected chi connectivity index (χ2v) is 4.78. The number of benzene rings is 1. The Morgan fingerprint density at radius 3 is 2.52 bits per heavy atom. The average Bonchev–Trinajstić information content (AvgIpc) is 2.93. The quantitative estimate of drug-likeness (QED) is 0.663. The van der Waals surface area contributed by atoms with Crippen LogP contribution in [0.25, 0.3) is 0 Å². The van der Waals surface area contributed by atoms with Crippen LogP contribution in [-0.4, -0.2) is 43.2 Å². The SMILES string of the molecule is CCN(CC)C(N)=NCc1ccc(N2CCOC2=O)cc1. The minimum Gasteiger partial charge on any atom is -0.447 e. The number of nitrogens with two attached hydrogens (primary N) is 1. The first-order valence-electron chi connectivity index (χ1n) is 7.23. The third-order valence-corrected chi connectivity index (χ3v) is 3.52. The Balaban J connectivity index is 1.99. The number of hydrogen-bond acceptors (Lipinski definition) is 3. The van der Waals surface area contributed by atoms with Gasteiger partial charge in [-0.25, -0.2) is 9.79 Å². The zero-order chi connectivity index (χ0) is 15.2. The molecule has 1 heterocycles. The van der Waals surface area contributed by atoms with Gasteiger partial charge in [-0.3, -0.25) is 4.90 Å². The number of carbonyl (C=O) groups is 1. The van der Waals surface area contributed by atoms with Crippen LogP contribution in [0.3, 0.4) is 0 Å². The van der Waals surface area contributed by atoms with E-state index in [1.54, 1.807) is 4.90 Å². The minimum absolute atomic E-state index is 0.286. The van der Waals surface area contributed by atoms with Gasteiger partial charge in [0.05, 0.1) is 13.1 Å². The molecule has 0 bridgehead atoms. The van der Waals surface area contributed by atoms with Crippen LogP contribution >= 0.6 is 0 Å². The highest BCUT2D eigenvalue weighted by atomic mass is 16.6. The standard InChI is InChI=1S/C15H22N4O2/c1-3-18(4-2)14(16)17-11-12-5-7-13(8-6-12)19-9-10-21-15(19)20/h5-8H,3-4,9-11H2,1-2H3,(H2,16,17). The molecule has 1 saturated heterocycles. The lowest BCUT2D eigenvalue weighted by Crippen LogP contribution is -2.37. The third kappa shape index (κ3) is 3.65. The fourth-order valence-corrected chi connectivity index (χ4v) is 2.23. The summed E-state index contributed by atoms with van der Waals surface area (Å²) in [5.74, 6) is 0.562. The van der Waals surface area contributed by atoms with Crippen molar-refractivity contribution in [2.45, 2.75) is 20.4 Å². The molecule has 1 aromatic carbocycles. The highest BCUT2D eigenvalue weighted by molar-refractivity contribution is 5.89.